The Morgan fingerprint density at radius 1 is 1.26 bits per heavy atom. The Kier molecular flexibility index (Phi) is 4.25. The third-order valence-electron chi connectivity index (χ3n) is 3.94. The number of hydrogen-bond donors (Lipinski definition) is 2. The number of urea groups is 1. The Balaban J connectivity index is 2.11. The molecule has 0 aromatic rings. The molecule has 0 aromatic carbocycles. The molecule has 2 heterocycles. The van der Waals surface area contributed by atoms with Gasteiger partial charge in [-0.2, -0.15) is 11.8 Å². The number of carboxylic acid groups (broad SMARTS) is 1. The van der Waals surface area contributed by atoms with Crippen LogP contribution in [0, 0.1) is 0 Å². The minimum Gasteiger partial charge on any atom is -0.480 e. The lowest BCUT2D eigenvalue weighted by Crippen LogP contribution is -2.55. The lowest BCUT2D eigenvalue weighted by Gasteiger charge is -2.40. The molecular formula is C12H20N2O4S. The minimum absolute atomic E-state index is 0.0819. The van der Waals surface area contributed by atoms with Crippen LogP contribution in [0.25, 0.3) is 0 Å². The number of carboxylic acids is 1. The van der Waals surface area contributed by atoms with Crippen molar-refractivity contribution in [2.45, 2.75) is 43.7 Å². The van der Waals surface area contributed by atoms with Crippen LogP contribution in [0.1, 0.15) is 20.3 Å². The molecule has 4 atom stereocenters. The summed E-state index contributed by atoms with van der Waals surface area (Å²) in [6.45, 7) is 4.80. The maximum Gasteiger partial charge on any atom is 0.326 e. The molecule has 7 heteroatoms. The first-order valence-electron chi connectivity index (χ1n) is 6.51. The van der Waals surface area contributed by atoms with Crippen molar-refractivity contribution >= 4 is 23.8 Å². The van der Waals surface area contributed by atoms with E-state index in [-0.39, 0.29) is 25.0 Å². The number of aliphatic carboxylic acids is 1. The Labute approximate surface area is 116 Å². The van der Waals surface area contributed by atoms with Gasteiger partial charge < -0.3 is 20.0 Å². The number of carbonyl (C=O) groups is 2. The zero-order valence-electron chi connectivity index (χ0n) is 11.2. The molecule has 0 aliphatic carbocycles. The van der Waals surface area contributed by atoms with Crippen molar-refractivity contribution in [3.05, 3.63) is 0 Å². The fourth-order valence-electron chi connectivity index (χ4n) is 2.63. The van der Waals surface area contributed by atoms with Gasteiger partial charge in [0.1, 0.15) is 6.04 Å². The summed E-state index contributed by atoms with van der Waals surface area (Å²) in [6, 6.07) is -1.08. The van der Waals surface area contributed by atoms with Crippen molar-refractivity contribution in [3.8, 4) is 0 Å². The van der Waals surface area contributed by atoms with Crippen molar-refractivity contribution in [1.29, 1.82) is 0 Å². The highest BCUT2D eigenvalue weighted by Crippen LogP contribution is 2.27. The standard InChI is InChI=1S/C12H20N2O4S/c1-7-8(2)19-4-3-13(7)12(18)14-6-9(15)5-10(14)11(16)17/h7-10,15H,3-6H2,1-2H3,(H,16,17)/t7?,8?,9-,10-/m1/s1. The first-order chi connectivity index (χ1) is 8.91. The highest BCUT2D eigenvalue weighted by Gasteiger charge is 2.42. The van der Waals surface area contributed by atoms with Crippen molar-refractivity contribution in [3.63, 3.8) is 0 Å². The minimum atomic E-state index is -1.04. The first-order valence-corrected chi connectivity index (χ1v) is 7.56. The van der Waals surface area contributed by atoms with Crippen LogP contribution >= 0.6 is 11.8 Å². The van der Waals surface area contributed by atoms with Crippen LogP contribution in [0.15, 0.2) is 0 Å². The molecule has 2 N–H and O–H groups in total. The number of rotatable bonds is 1. The fraction of sp³-hybridized carbons (Fsp3) is 0.833. The Bertz CT molecular complexity index is 379. The highest BCUT2D eigenvalue weighted by atomic mass is 32.2. The van der Waals surface area contributed by atoms with E-state index in [9.17, 15) is 14.7 Å². The van der Waals surface area contributed by atoms with Gasteiger partial charge in [0.25, 0.3) is 0 Å². The molecule has 2 aliphatic rings. The van der Waals surface area contributed by atoms with Gasteiger partial charge in [-0.15, -0.1) is 0 Å². The maximum absolute atomic E-state index is 12.5. The van der Waals surface area contributed by atoms with Crippen LogP contribution in [-0.2, 0) is 4.79 Å². The normalized spacial score (nSPS) is 35.5. The first kappa shape index (κ1) is 14.5. The second-order valence-electron chi connectivity index (χ2n) is 5.19. The molecule has 0 spiro atoms. The van der Waals surface area contributed by atoms with E-state index in [1.807, 2.05) is 18.7 Å². The number of hydrogen-bond acceptors (Lipinski definition) is 4. The maximum atomic E-state index is 12.5. The monoisotopic (exact) mass is 288 g/mol. The van der Waals surface area contributed by atoms with Crippen molar-refractivity contribution in [2.24, 2.45) is 0 Å². The number of carbonyl (C=O) groups excluding carboxylic acids is 1. The van der Waals surface area contributed by atoms with Crippen molar-refractivity contribution < 1.29 is 19.8 Å². The molecule has 0 saturated carbocycles. The smallest absolute Gasteiger partial charge is 0.326 e. The summed E-state index contributed by atoms with van der Waals surface area (Å²) in [5.74, 6) is -0.178. The van der Waals surface area contributed by atoms with E-state index in [1.54, 1.807) is 4.90 Å². The van der Waals surface area contributed by atoms with Gasteiger partial charge in [-0.3, -0.25) is 0 Å². The van der Waals surface area contributed by atoms with Crippen molar-refractivity contribution in [1.82, 2.24) is 9.80 Å². The van der Waals surface area contributed by atoms with Gasteiger partial charge in [-0.05, 0) is 6.92 Å². The van der Waals surface area contributed by atoms with Gasteiger partial charge in [-0.25, -0.2) is 9.59 Å². The predicted octanol–water partition coefficient (Wildman–Crippen LogP) is 0.452. The molecule has 2 amide bonds. The second kappa shape index (κ2) is 5.58. The van der Waals surface area contributed by atoms with Crippen LogP contribution in [0.5, 0.6) is 0 Å². The molecule has 2 rings (SSSR count). The van der Waals surface area contributed by atoms with Gasteiger partial charge in [0.05, 0.1) is 6.10 Å². The molecule has 0 radical (unpaired) electrons. The van der Waals surface area contributed by atoms with Gasteiger partial charge in [0.2, 0.25) is 0 Å². The number of aliphatic hydroxyl groups excluding tert-OH is 1. The van der Waals surface area contributed by atoms with E-state index in [4.69, 9.17) is 5.11 Å². The summed E-state index contributed by atoms with van der Waals surface area (Å²) in [5.41, 5.74) is 0. The van der Waals surface area contributed by atoms with Gasteiger partial charge >= 0.3 is 12.0 Å². The molecular weight excluding hydrogens is 268 g/mol. The van der Waals surface area contributed by atoms with E-state index >= 15 is 0 Å². The Morgan fingerprint density at radius 2 is 1.95 bits per heavy atom. The molecule has 19 heavy (non-hydrogen) atoms. The second-order valence-corrected chi connectivity index (χ2v) is 6.67. The van der Waals surface area contributed by atoms with Crippen LogP contribution in [0.4, 0.5) is 4.79 Å². The third kappa shape index (κ3) is 2.81. The van der Waals surface area contributed by atoms with Crippen LogP contribution < -0.4 is 0 Å². The van der Waals surface area contributed by atoms with Crippen LogP contribution in [0.3, 0.4) is 0 Å². The summed E-state index contributed by atoms with van der Waals surface area (Å²) < 4.78 is 0. The molecule has 108 valence electrons. The number of amides is 2. The number of aliphatic hydroxyl groups is 1. The summed E-state index contributed by atoms with van der Waals surface area (Å²) in [7, 11) is 0. The zero-order chi connectivity index (χ0) is 14.2. The quantitative estimate of drug-likeness (QED) is 0.732. The highest BCUT2D eigenvalue weighted by molar-refractivity contribution is 8.00. The summed E-state index contributed by atoms with van der Waals surface area (Å²) >= 11 is 1.82. The summed E-state index contributed by atoms with van der Waals surface area (Å²) in [6.07, 6.45) is -0.620. The fourth-order valence-corrected chi connectivity index (χ4v) is 3.73. The van der Waals surface area contributed by atoms with Crippen molar-refractivity contribution in [2.75, 3.05) is 18.8 Å². The predicted molar refractivity (Wildman–Crippen MR) is 72.2 cm³/mol. The lowest BCUT2D eigenvalue weighted by molar-refractivity contribution is -0.141. The Morgan fingerprint density at radius 3 is 2.58 bits per heavy atom. The average Bonchev–Trinajstić information content (AvgIpc) is 2.74. The number of thioether (sulfide) groups is 1. The molecule has 2 saturated heterocycles. The van der Waals surface area contributed by atoms with E-state index in [1.165, 1.54) is 4.90 Å². The molecule has 6 nitrogen and oxygen atoms in total. The largest absolute Gasteiger partial charge is 0.480 e. The zero-order valence-corrected chi connectivity index (χ0v) is 12.0. The number of likely N-dealkylation sites (tertiary alicyclic amines) is 1. The summed E-state index contributed by atoms with van der Waals surface area (Å²) in [4.78, 5) is 26.7. The van der Waals surface area contributed by atoms with E-state index < -0.39 is 18.1 Å². The van der Waals surface area contributed by atoms with Gasteiger partial charge in [0.15, 0.2) is 0 Å². The molecule has 2 aliphatic heterocycles. The van der Waals surface area contributed by atoms with E-state index in [0.29, 0.717) is 11.8 Å². The van der Waals surface area contributed by atoms with E-state index in [2.05, 4.69) is 6.92 Å². The third-order valence-corrected chi connectivity index (χ3v) is 5.28. The Hall–Kier alpha value is -0.950. The number of nitrogens with zero attached hydrogens (tertiary/aromatic N) is 2. The van der Waals surface area contributed by atoms with E-state index in [0.717, 1.165) is 5.75 Å². The van der Waals surface area contributed by atoms with Crippen LogP contribution in [0.2, 0.25) is 0 Å². The molecule has 2 unspecified atom stereocenters. The molecule has 0 aromatic heterocycles. The SMILES string of the molecule is CC1SCCN(C(=O)N2C[C@H](O)C[C@@H]2C(=O)O)C1C. The van der Waals surface area contributed by atoms with Crippen LogP contribution in [-0.4, -0.2) is 74.3 Å². The lowest BCUT2D eigenvalue weighted by atomic mass is 10.2. The molecule has 2 fully saturated rings. The molecule has 0 bridgehead atoms. The topological polar surface area (TPSA) is 81.1 Å². The average molecular weight is 288 g/mol. The number of β-amino-alcohol motifs (C(OH)–C–C–N with tert-alkyl or cyclic N) is 1. The van der Waals surface area contributed by atoms with Gasteiger partial charge in [0, 0.05) is 36.6 Å². The van der Waals surface area contributed by atoms with Gasteiger partial charge in [-0.1, -0.05) is 6.92 Å². The summed E-state index contributed by atoms with van der Waals surface area (Å²) in [5, 5.41) is 19.1.